The standard InChI is InChI=1S/C26H34F3N5O3S.C6H5F/c1-25(2,3)30-17-19-8-10-20(11-9-19)24(13-15-37-4)34-18-22(32-33-34)12-14-31-38(35,36)23-7-5-6-21(16-23)26(27,28)29;7-6-4-2-1-3-5-6/h5-11,16,18,24,30-31H,12-15,17H2,1-4H3;1-5H/t24-;/m1./s1. The van der Waals surface area contributed by atoms with E-state index in [1.165, 1.54) is 12.1 Å². The molecule has 4 rings (SSSR count). The van der Waals surface area contributed by atoms with E-state index in [-0.39, 0.29) is 30.4 Å². The largest absolute Gasteiger partial charge is 0.416 e. The van der Waals surface area contributed by atoms with Crippen LogP contribution in [0, 0.1) is 5.82 Å². The van der Waals surface area contributed by atoms with E-state index in [4.69, 9.17) is 4.74 Å². The zero-order chi connectivity index (χ0) is 33.1. The Hall–Kier alpha value is -3.65. The average Bonchev–Trinajstić information content (AvgIpc) is 3.45. The molecular formula is C32H39F4N5O3S. The van der Waals surface area contributed by atoms with Gasteiger partial charge in [-0.15, -0.1) is 5.10 Å². The third-order valence-corrected chi connectivity index (χ3v) is 8.00. The summed E-state index contributed by atoms with van der Waals surface area (Å²) in [6.07, 6.45) is -2.02. The lowest BCUT2D eigenvalue weighted by Crippen LogP contribution is -2.35. The van der Waals surface area contributed by atoms with Gasteiger partial charge in [-0.25, -0.2) is 22.2 Å². The minimum Gasteiger partial charge on any atom is -0.385 e. The summed E-state index contributed by atoms with van der Waals surface area (Å²) in [6.45, 7) is 7.54. The summed E-state index contributed by atoms with van der Waals surface area (Å²) in [5.74, 6) is -0.178. The molecule has 45 heavy (non-hydrogen) atoms. The van der Waals surface area contributed by atoms with Crippen LogP contribution in [-0.4, -0.2) is 49.2 Å². The molecule has 244 valence electrons. The van der Waals surface area contributed by atoms with Gasteiger partial charge in [0, 0.05) is 45.0 Å². The average molecular weight is 650 g/mol. The topological polar surface area (TPSA) is 98.1 Å². The third kappa shape index (κ3) is 12.0. The number of halogens is 4. The molecule has 0 spiro atoms. The van der Waals surface area contributed by atoms with E-state index in [1.807, 2.05) is 12.1 Å². The van der Waals surface area contributed by atoms with E-state index in [0.717, 1.165) is 35.9 Å². The Morgan fingerprint density at radius 2 is 1.64 bits per heavy atom. The number of sulfonamides is 1. The van der Waals surface area contributed by atoms with Crippen LogP contribution in [0.1, 0.15) is 55.6 Å². The van der Waals surface area contributed by atoms with Gasteiger partial charge in [0.1, 0.15) is 5.82 Å². The monoisotopic (exact) mass is 649 g/mol. The second kappa shape index (κ2) is 16.1. The number of nitrogens with zero attached hydrogens (tertiary/aromatic N) is 3. The highest BCUT2D eigenvalue weighted by atomic mass is 32.2. The van der Waals surface area contributed by atoms with Crippen LogP contribution in [-0.2, 0) is 33.9 Å². The minimum atomic E-state index is -4.63. The zero-order valence-corrected chi connectivity index (χ0v) is 26.5. The molecule has 0 saturated heterocycles. The molecular weight excluding hydrogens is 610 g/mol. The van der Waals surface area contributed by atoms with Crippen molar-refractivity contribution < 1.29 is 30.7 Å². The summed E-state index contributed by atoms with van der Waals surface area (Å²) in [4.78, 5) is -0.447. The number of nitrogens with one attached hydrogen (secondary N) is 2. The number of aromatic nitrogens is 3. The van der Waals surface area contributed by atoms with Gasteiger partial charge in [-0.05, 0) is 68.7 Å². The van der Waals surface area contributed by atoms with Crippen molar-refractivity contribution in [2.24, 2.45) is 0 Å². The molecule has 1 atom stereocenters. The van der Waals surface area contributed by atoms with Crippen molar-refractivity contribution in [2.45, 2.75) is 62.8 Å². The van der Waals surface area contributed by atoms with Crippen LogP contribution in [0.4, 0.5) is 17.6 Å². The van der Waals surface area contributed by atoms with Crippen molar-refractivity contribution in [2.75, 3.05) is 20.3 Å². The first kappa shape index (κ1) is 35.8. The van der Waals surface area contributed by atoms with Gasteiger partial charge in [0.25, 0.3) is 0 Å². The Kier molecular flexibility index (Phi) is 12.8. The van der Waals surface area contributed by atoms with Crippen molar-refractivity contribution in [3.05, 3.63) is 113 Å². The van der Waals surface area contributed by atoms with E-state index in [9.17, 15) is 26.0 Å². The number of rotatable bonds is 12. The van der Waals surface area contributed by atoms with Crippen molar-refractivity contribution in [1.82, 2.24) is 25.0 Å². The molecule has 0 radical (unpaired) electrons. The predicted molar refractivity (Wildman–Crippen MR) is 164 cm³/mol. The maximum atomic E-state index is 13.0. The maximum Gasteiger partial charge on any atom is 0.416 e. The molecule has 0 saturated carbocycles. The molecule has 3 aromatic carbocycles. The van der Waals surface area contributed by atoms with Crippen LogP contribution in [0.2, 0.25) is 0 Å². The number of methoxy groups -OCH3 is 1. The summed E-state index contributed by atoms with van der Waals surface area (Å²) >= 11 is 0. The van der Waals surface area contributed by atoms with Crippen molar-refractivity contribution in [1.29, 1.82) is 0 Å². The first-order chi connectivity index (χ1) is 21.2. The van der Waals surface area contributed by atoms with Crippen LogP contribution >= 0.6 is 0 Å². The summed E-state index contributed by atoms with van der Waals surface area (Å²) in [5, 5.41) is 11.9. The highest BCUT2D eigenvalue weighted by molar-refractivity contribution is 7.89. The molecule has 0 fully saturated rings. The molecule has 2 N–H and O–H groups in total. The van der Waals surface area contributed by atoms with Gasteiger partial charge in [0.05, 0.1) is 22.2 Å². The van der Waals surface area contributed by atoms with Gasteiger partial charge < -0.3 is 10.1 Å². The fourth-order valence-electron chi connectivity index (χ4n) is 4.14. The number of ether oxygens (including phenoxy) is 1. The zero-order valence-electron chi connectivity index (χ0n) is 25.7. The molecule has 0 aliphatic carbocycles. The number of hydrogen-bond acceptors (Lipinski definition) is 6. The predicted octanol–water partition coefficient (Wildman–Crippen LogP) is 6.16. The summed E-state index contributed by atoms with van der Waals surface area (Å²) < 4.78 is 85.1. The van der Waals surface area contributed by atoms with E-state index in [0.29, 0.717) is 24.8 Å². The Bertz CT molecular complexity index is 1570. The summed E-state index contributed by atoms with van der Waals surface area (Å²) in [6, 6.07) is 19.7. The molecule has 13 heteroatoms. The van der Waals surface area contributed by atoms with Gasteiger partial charge in [-0.1, -0.05) is 53.7 Å². The molecule has 1 heterocycles. The van der Waals surface area contributed by atoms with Gasteiger partial charge in [0.15, 0.2) is 0 Å². The molecule has 1 aromatic heterocycles. The van der Waals surface area contributed by atoms with E-state index in [1.54, 1.807) is 36.2 Å². The third-order valence-electron chi connectivity index (χ3n) is 6.54. The van der Waals surface area contributed by atoms with Crippen LogP contribution in [0.3, 0.4) is 0 Å². The van der Waals surface area contributed by atoms with Crippen molar-refractivity contribution in [3.63, 3.8) is 0 Å². The fourth-order valence-corrected chi connectivity index (χ4v) is 5.21. The lowest BCUT2D eigenvalue weighted by atomic mass is 10.0. The van der Waals surface area contributed by atoms with Crippen LogP contribution in [0.25, 0.3) is 0 Å². The number of hydrogen-bond donors (Lipinski definition) is 2. The highest BCUT2D eigenvalue weighted by Gasteiger charge is 2.31. The lowest BCUT2D eigenvalue weighted by Gasteiger charge is -2.21. The number of alkyl halides is 3. The van der Waals surface area contributed by atoms with Gasteiger partial charge in [-0.3, -0.25) is 0 Å². The Morgan fingerprint density at radius 1 is 0.956 bits per heavy atom. The fraction of sp³-hybridized carbons (Fsp3) is 0.375. The number of benzene rings is 3. The summed E-state index contributed by atoms with van der Waals surface area (Å²) in [7, 11) is -2.50. The van der Waals surface area contributed by atoms with Gasteiger partial charge in [0.2, 0.25) is 10.0 Å². The van der Waals surface area contributed by atoms with Crippen LogP contribution in [0.15, 0.2) is 90.0 Å². The van der Waals surface area contributed by atoms with Gasteiger partial charge in [-0.2, -0.15) is 13.2 Å². The van der Waals surface area contributed by atoms with Crippen LogP contribution < -0.4 is 10.0 Å². The molecule has 0 unspecified atom stereocenters. The molecule has 0 aliphatic heterocycles. The molecule has 4 aromatic rings. The van der Waals surface area contributed by atoms with E-state index < -0.39 is 26.7 Å². The minimum absolute atomic E-state index is 0.0120. The van der Waals surface area contributed by atoms with Gasteiger partial charge >= 0.3 is 6.18 Å². The lowest BCUT2D eigenvalue weighted by molar-refractivity contribution is -0.137. The SMILES string of the molecule is COCC[C@H](c1ccc(CNC(C)(C)C)cc1)n1cc(CCNS(=O)(=O)c2cccc(C(F)(F)F)c2)nn1.Fc1ccccc1. The Balaban J connectivity index is 0.000000693. The second-order valence-electron chi connectivity index (χ2n) is 11.3. The Morgan fingerprint density at radius 3 is 2.22 bits per heavy atom. The second-order valence-corrected chi connectivity index (χ2v) is 13.1. The Labute approximate surface area is 261 Å². The van der Waals surface area contributed by atoms with Crippen molar-refractivity contribution in [3.8, 4) is 0 Å². The van der Waals surface area contributed by atoms with Crippen molar-refractivity contribution >= 4 is 10.0 Å². The van der Waals surface area contributed by atoms with E-state index in [2.05, 4.69) is 53.3 Å². The first-order valence-electron chi connectivity index (χ1n) is 14.3. The molecule has 0 bridgehead atoms. The highest BCUT2D eigenvalue weighted by Crippen LogP contribution is 2.30. The molecule has 0 amide bonds. The summed E-state index contributed by atoms with van der Waals surface area (Å²) in [5.41, 5.74) is 1.72. The smallest absolute Gasteiger partial charge is 0.385 e. The maximum absolute atomic E-state index is 13.0. The first-order valence-corrected chi connectivity index (χ1v) is 15.8. The normalized spacial score (nSPS) is 12.8. The van der Waals surface area contributed by atoms with Crippen LogP contribution in [0.5, 0.6) is 0 Å². The van der Waals surface area contributed by atoms with E-state index >= 15 is 0 Å². The quantitative estimate of drug-likeness (QED) is 0.179. The molecule has 0 aliphatic rings. The molecule has 8 nitrogen and oxygen atoms in total.